The first-order chi connectivity index (χ1) is 10.2. The third-order valence-electron chi connectivity index (χ3n) is 4.47. The van der Waals surface area contributed by atoms with Crippen molar-refractivity contribution < 1.29 is 4.39 Å². The summed E-state index contributed by atoms with van der Waals surface area (Å²) < 4.78 is 13.8. The van der Waals surface area contributed by atoms with Crippen LogP contribution >= 0.6 is 0 Å². The smallest absolute Gasteiger partial charge is 0.126 e. The van der Waals surface area contributed by atoms with E-state index >= 15 is 0 Å². The third-order valence-corrected chi connectivity index (χ3v) is 4.47. The molecule has 0 saturated carbocycles. The van der Waals surface area contributed by atoms with Crippen LogP contribution in [0.5, 0.6) is 0 Å². The topological polar surface area (TPSA) is 12.0 Å². The van der Waals surface area contributed by atoms with E-state index in [1.165, 1.54) is 22.8 Å². The van der Waals surface area contributed by atoms with Crippen molar-refractivity contribution in [2.75, 3.05) is 6.54 Å². The lowest BCUT2D eigenvalue weighted by molar-refractivity contribution is 0.529. The van der Waals surface area contributed by atoms with Gasteiger partial charge in [-0.15, -0.1) is 0 Å². The van der Waals surface area contributed by atoms with E-state index in [2.05, 4.69) is 30.4 Å². The number of fused-ring (bicyclic) bond motifs is 1. The lowest BCUT2D eigenvalue weighted by atomic mass is 9.93. The van der Waals surface area contributed by atoms with Crippen LogP contribution < -0.4 is 5.32 Å². The van der Waals surface area contributed by atoms with E-state index in [1.807, 2.05) is 13.0 Å². The second kappa shape index (κ2) is 5.98. The fourth-order valence-corrected chi connectivity index (χ4v) is 3.34. The summed E-state index contributed by atoms with van der Waals surface area (Å²) in [6.45, 7) is 5.11. The van der Waals surface area contributed by atoms with E-state index in [1.54, 1.807) is 6.07 Å². The number of halogens is 1. The molecule has 0 fully saturated rings. The van der Waals surface area contributed by atoms with Crippen LogP contribution in [0.4, 0.5) is 4.39 Å². The Kier molecular flexibility index (Phi) is 4.07. The van der Waals surface area contributed by atoms with Crippen molar-refractivity contribution in [2.24, 2.45) is 0 Å². The minimum absolute atomic E-state index is 0.122. The molecule has 2 heteroatoms. The van der Waals surface area contributed by atoms with Crippen LogP contribution in [0.25, 0.3) is 11.1 Å². The van der Waals surface area contributed by atoms with Gasteiger partial charge in [-0.05, 0) is 66.6 Å². The molecular formula is C19H22FN. The van der Waals surface area contributed by atoms with Gasteiger partial charge in [0.2, 0.25) is 0 Å². The Labute approximate surface area is 126 Å². The summed E-state index contributed by atoms with van der Waals surface area (Å²) >= 11 is 0. The van der Waals surface area contributed by atoms with Gasteiger partial charge in [-0.3, -0.25) is 0 Å². The summed E-state index contributed by atoms with van der Waals surface area (Å²) in [6, 6.07) is 12.3. The highest BCUT2D eigenvalue weighted by Crippen LogP contribution is 2.38. The SMILES string of the molecule is CCCNC1CCc2c(-c3cccc(F)c3C)cccc21. The fourth-order valence-electron chi connectivity index (χ4n) is 3.34. The van der Waals surface area contributed by atoms with E-state index in [9.17, 15) is 4.39 Å². The normalized spacial score (nSPS) is 17.0. The summed E-state index contributed by atoms with van der Waals surface area (Å²) in [7, 11) is 0. The second-order valence-electron chi connectivity index (χ2n) is 5.83. The number of rotatable bonds is 4. The highest BCUT2D eigenvalue weighted by molar-refractivity contribution is 5.72. The van der Waals surface area contributed by atoms with Gasteiger partial charge in [0, 0.05) is 6.04 Å². The Balaban J connectivity index is 2.03. The Bertz CT molecular complexity index is 648. The summed E-state index contributed by atoms with van der Waals surface area (Å²) in [5.41, 5.74) is 5.76. The number of hydrogen-bond acceptors (Lipinski definition) is 1. The van der Waals surface area contributed by atoms with Crippen molar-refractivity contribution in [1.82, 2.24) is 5.32 Å². The zero-order chi connectivity index (χ0) is 14.8. The van der Waals surface area contributed by atoms with Crippen LogP contribution in [-0.4, -0.2) is 6.54 Å². The Morgan fingerprint density at radius 3 is 2.71 bits per heavy atom. The molecule has 1 unspecified atom stereocenters. The average molecular weight is 283 g/mol. The molecule has 1 N–H and O–H groups in total. The molecule has 1 nitrogen and oxygen atoms in total. The summed E-state index contributed by atoms with van der Waals surface area (Å²) in [5, 5.41) is 3.62. The first-order valence-corrected chi connectivity index (χ1v) is 7.83. The Hall–Kier alpha value is -1.67. The van der Waals surface area contributed by atoms with E-state index in [0.29, 0.717) is 6.04 Å². The van der Waals surface area contributed by atoms with Crippen molar-refractivity contribution in [3.05, 3.63) is 58.9 Å². The maximum absolute atomic E-state index is 13.8. The summed E-state index contributed by atoms with van der Waals surface area (Å²) in [5.74, 6) is -0.122. The molecule has 0 bridgehead atoms. The predicted molar refractivity (Wildman–Crippen MR) is 85.9 cm³/mol. The molecule has 0 heterocycles. The molecule has 21 heavy (non-hydrogen) atoms. The minimum Gasteiger partial charge on any atom is -0.310 e. The van der Waals surface area contributed by atoms with Gasteiger partial charge >= 0.3 is 0 Å². The van der Waals surface area contributed by atoms with Crippen LogP contribution in [0.3, 0.4) is 0 Å². The molecule has 0 saturated heterocycles. The van der Waals surface area contributed by atoms with Crippen molar-refractivity contribution in [2.45, 2.75) is 39.2 Å². The average Bonchev–Trinajstić information content (AvgIpc) is 2.91. The highest BCUT2D eigenvalue weighted by atomic mass is 19.1. The predicted octanol–water partition coefficient (Wildman–Crippen LogP) is 4.79. The molecule has 0 aromatic heterocycles. The maximum atomic E-state index is 13.8. The van der Waals surface area contributed by atoms with Gasteiger partial charge in [-0.2, -0.15) is 0 Å². The Morgan fingerprint density at radius 2 is 1.90 bits per heavy atom. The molecular weight excluding hydrogens is 261 g/mol. The van der Waals surface area contributed by atoms with Gasteiger partial charge in [0.25, 0.3) is 0 Å². The van der Waals surface area contributed by atoms with Gasteiger partial charge < -0.3 is 5.32 Å². The molecule has 2 aromatic rings. The van der Waals surface area contributed by atoms with E-state index in [0.717, 1.165) is 36.9 Å². The number of nitrogens with one attached hydrogen (secondary N) is 1. The summed E-state index contributed by atoms with van der Waals surface area (Å²) in [6.07, 6.45) is 3.36. The number of benzene rings is 2. The van der Waals surface area contributed by atoms with E-state index in [4.69, 9.17) is 0 Å². The molecule has 2 aromatic carbocycles. The Morgan fingerprint density at radius 1 is 1.14 bits per heavy atom. The zero-order valence-corrected chi connectivity index (χ0v) is 12.7. The highest BCUT2D eigenvalue weighted by Gasteiger charge is 2.24. The molecule has 0 spiro atoms. The van der Waals surface area contributed by atoms with Crippen LogP contribution in [0, 0.1) is 12.7 Å². The molecule has 1 aliphatic carbocycles. The molecule has 110 valence electrons. The van der Waals surface area contributed by atoms with Crippen molar-refractivity contribution in [3.63, 3.8) is 0 Å². The minimum atomic E-state index is -0.122. The standard InChI is InChI=1S/C19H22FN/c1-3-12-21-19-11-10-16-15(7-4-8-17(16)19)14-6-5-9-18(20)13(14)2/h4-9,19,21H,3,10-12H2,1-2H3. The second-order valence-corrected chi connectivity index (χ2v) is 5.83. The van der Waals surface area contributed by atoms with Crippen molar-refractivity contribution in [1.29, 1.82) is 0 Å². The van der Waals surface area contributed by atoms with Gasteiger partial charge in [0.1, 0.15) is 5.82 Å². The van der Waals surface area contributed by atoms with Crippen molar-refractivity contribution >= 4 is 0 Å². The zero-order valence-electron chi connectivity index (χ0n) is 12.7. The molecule has 0 amide bonds. The molecule has 0 radical (unpaired) electrons. The van der Waals surface area contributed by atoms with Crippen molar-refractivity contribution in [3.8, 4) is 11.1 Å². The van der Waals surface area contributed by atoms with Crippen LogP contribution in [0.15, 0.2) is 36.4 Å². The maximum Gasteiger partial charge on any atom is 0.126 e. The van der Waals surface area contributed by atoms with E-state index in [-0.39, 0.29) is 5.82 Å². The monoisotopic (exact) mass is 283 g/mol. The first-order valence-electron chi connectivity index (χ1n) is 7.83. The quantitative estimate of drug-likeness (QED) is 0.851. The van der Waals surface area contributed by atoms with Crippen LogP contribution in [0.1, 0.15) is 42.5 Å². The van der Waals surface area contributed by atoms with Gasteiger partial charge in [0.15, 0.2) is 0 Å². The summed E-state index contributed by atoms with van der Waals surface area (Å²) in [4.78, 5) is 0. The largest absolute Gasteiger partial charge is 0.310 e. The molecule has 1 aliphatic rings. The van der Waals surface area contributed by atoms with Crippen LogP contribution in [0.2, 0.25) is 0 Å². The van der Waals surface area contributed by atoms with Gasteiger partial charge in [-0.1, -0.05) is 37.3 Å². The van der Waals surface area contributed by atoms with E-state index < -0.39 is 0 Å². The third kappa shape index (κ3) is 2.60. The molecule has 0 aliphatic heterocycles. The fraction of sp³-hybridized carbons (Fsp3) is 0.368. The van der Waals surface area contributed by atoms with Gasteiger partial charge in [-0.25, -0.2) is 4.39 Å². The lowest BCUT2D eigenvalue weighted by Gasteiger charge is -2.15. The molecule has 1 atom stereocenters. The van der Waals surface area contributed by atoms with Gasteiger partial charge in [0.05, 0.1) is 0 Å². The molecule has 3 rings (SSSR count). The van der Waals surface area contributed by atoms with Crippen LogP contribution in [-0.2, 0) is 6.42 Å². The number of hydrogen-bond donors (Lipinski definition) is 1. The first kappa shape index (κ1) is 14.3. The lowest BCUT2D eigenvalue weighted by Crippen LogP contribution is -2.19.